The SMILES string of the molecule is COC1(C(=O)N2CCN(C(c3ccccc3)c3ccccc3)CC2)CCNCC1. The standard InChI is InChI=1S/C24H31N3O2/c1-29-24(12-14-25-15-13-24)23(28)27-18-16-26(17-19-27)22(20-8-4-2-5-9-20)21-10-6-3-7-11-21/h2-11,22,25H,12-19H2,1H3. The lowest BCUT2D eigenvalue weighted by molar-refractivity contribution is -0.160. The lowest BCUT2D eigenvalue weighted by Crippen LogP contribution is -2.59. The Morgan fingerprint density at radius 1 is 0.897 bits per heavy atom. The quantitative estimate of drug-likeness (QED) is 0.848. The molecule has 1 amide bonds. The molecule has 2 aromatic carbocycles. The fourth-order valence-corrected chi connectivity index (χ4v) is 4.69. The van der Waals surface area contributed by atoms with E-state index in [1.807, 2.05) is 4.90 Å². The molecule has 0 aromatic heterocycles. The lowest BCUT2D eigenvalue weighted by Gasteiger charge is -2.44. The van der Waals surface area contributed by atoms with Crippen LogP contribution in [-0.2, 0) is 9.53 Å². The summed E-state index contributed by atoms with van der Waals surface area (Å²) in [4.78, 5) is 17.8. The Labute approximate surface area is 173 Å². The van der Waals surface area contributed by atoms with Crippen LogP contribution in [-0.4, -0.2) is 67.7 Å². The first-order valence-corrected chi connectivity index (χ1v) is 10.6. The van der Waals surface area contributed by atoms with Crippen molar-refractivity contribution in [1.29, 1.82) is 0 Å². The van der Waals surface area contributed by atoms with Crippen LogP contribution in [0.3, 0.4) is 0 Å². The van der Waals surface area contributed by atoms with Crippen LogP contribution in [0, 0.1) is 0 Å². The zero-order valence-electron chi connectivity index (χ0n) is 17.2. The van der Waals surface area contributed by atoms with Gasteiger partial charge in [-0.15, -0.1) is 0 Å². The molecule has 0 unspecified atom stereocenters. The second-order valence-corrected chi connectivity index (χ2v) is 8.00. The number of hydrogen-bond acceptors (Lipinski definition) is 4. The molecule has 5 nitrogen and oxygen atoms in total. The maximum atomic E-state index is 13.3. The fraction of sp³-hybridized carbons (Fsp3) is 0.458. The van der Waals surface area contributed by atoms with Crippen LogP contribution in [0.15, 0.2) is 60.7 Å². The van der Waals surface area contributed by atoms with Gasteiger partial charge in [0, 0.05) is 33.3 Å². The van der Waals surface area contributed by atoms with Gasteiger partial charge in [0.1, 0.15) is 5.60 Å². The van der Waals surface area contributed by atoms with Crippen LogP contribution in [0.4, 0.5) is 0 Å². The summed E-state index contributed by atoms with van der Waals surface area (Å²) in [6.07, 6.45) is 1.50. The number of piperidine rings is 1. The minimum Gasteiger partial charge on any atom is -0.368 e. The highest BCUT2D eigenvalue weighted by Crippen LogP contribution is 2.31. The fourth-order valence-electron chi connectivity index (χ4n) is 4.69. The summed E-state index contributed by atoms with van der Waals surface area (Å²) in [5.41, 5.74) is 1.95. The van der Waals surface area contributed by atoms with Gasteiger partial charge >= 0.3 is 0 Å². The minimum absolute atomic E-state index is 0.164. The van der Waals surface area contributed by atoms with Gasteiger partial charge in [-0.2, -0.15) is 0 Å². The van der Waals surface area contributed by atoms with Crippen molar-refractivity contribution in [1.82, 2.24) is 15.1 Å². The van der Waals surface area contributed by atoms with E-state index in [2.05, 4.69) is 70.9 Å². The number of carbonyl (C=O) groups excluding carboxylic acids is 1. The van der Waals surface area contributed by atoms with Crippen molar-refractivity contribution in [3.8, 4) is 0 Å². The van der Waals surface area contributed by atoms with E-state index >= 15 is 0 Å². The topological polar surface area (TPSA) is 44.8 Å². The van der Waals surface area contributed by atoms with Crippen molar-refractivity contribution in [2.24, 2.45) is 0 Å². The van der Waals surface area contributed by atoms with Gasteiger partial charge in [0.2, 0.25) is 0 Å². The maximum Gasteiger partial charge on any atom is 0.254 e. The van der Waals surface area contributed by atoms with Crippen molar-refractivity contribution in [2.45, 2.75) is 24.5 Å². The summed E-state index contributed by atoms with van der Waals surface area (Å²) in [6, 6.07) is 21.5. The van der Waals surface area contributed by atoms with Crippen LogP contribution in [0.1, 0.15) is 30.0 Å². The van der Waals surface area contributed by atoms with Crippen molar-refractivity contribution in [3.63, 3.8) is 0 Å². The first-order chi connectivity index (χ1) is 14.2. The Bertz CT molecular complexity index is 743. The summed E-state index contributed by atoms with van der Waals surface area (Å²) < 4.78 is 5.76. The van der Waals surface area contributed by atoms with E-state index in [-0.39, 0.29) is 11.9 Å². The Morgan fingerprint density at radius 2 is 1.41 bits per heavy atom. The van der Waals surface area contributed by atoms with E-state index in [0.29, 0.717) is 0 Å². The highest BCUT2D eigenvalue weighted by Gasteiger charge is 2.43. The molecule has 0 atom stereocenters. The number of rotatable bonds is 5. The van der Waals surface area contributed by atoms with Crippen LogP contribution in [0.2, 0.25) is 0 Å². The van der Waals surface area contributed by atoms with Crippen molar-refractivity contribution < 1.29 is 9.53 Å². The van der Waals surface area contributed by atoms with E-state index in [9.17, 15) is 4.79 Å². The number of benzene rings is 2. The minimum atomic E-state index is -0.647. The summed E-state index contributed by atoms with van der Waals surface area (Å²) in [7, 11) is 1.68. The molecule has 2 aliphatic rings. The molecule has 0 radical (unpaired) electrons. The largest absolute Gasteiger partial charge is 0.368 e. The number of methoxy groups -OCH3 is 1. The van der Waals surface area contributed by atoms with Gasteiger partial charge in [-0.05, 0) is 37.1 Å². The first kappa shape index (κ1) is 20.1. The summed E-state index contributed by atoms with van der Waals surface area (Å²) in [5.74, 6) is 0.164. The zero-order chi connectivity index (χ0) is 20.1. The predicted octanol–water partition coefficient (Wildman–Crippen LogP) is 2.69. The van der Waals surface area contributed by atoms with Gasteiger partial charge < -0.3 is 15.0 Å². The van der Waals surface area contributed by atoms with E-state index in [1.165, 1.54) is 11.1 Å². The molecule has 2 saturated heterocycles. The van der Waals surface area contributed by atoms with Crippen LogP contribution in [0.25, 0.3) is 0 Å². The molecule has 2 fully saturated rings. The molecule has 2 aromatic rings. The van der Waals surface area contributed by atoms with Gasteiger partial charge in [-0.3, -0.25) is 9.69 Å². The van der Waals surface area contributed by atoms with Crippen molar-refractivity contribution >= 4 is 5.91 Å². The Morgan fingerprint density at radius 3 is 1.90 bits per heavy atom. The third-order valence-corrected chi connectivity index (χ3v) is 6.39. The lowest BCUT2D eigenvalue weighted by atomic mass is 9.90. The molecule has 0 aliphatic carbocycles. The molecule has 5 heteroatoms. The highest BCUT2D eigenvalue weighted by atomic mass is 16.5. The van der Waals surface area contributed by atoms with Gasteiger partial charge in [0.05, 0.1) is 6.04 Å². The molecule has 0 spiro atoms. The highest BCUT2D eigenvalue weighted by molar-refractivity contribution is 5.85. The molecular formula is C24H31N3O2. The zero-order valence-corrected chi connectivity index (χ0v) is 17.2. The number of hydrogen-bond donors (Lipinski definition) is 1. The molecule has 2 aliphatic heterocycles. The first-order valence-electron chi connectivity index (χ1n) is 10.6. The molecule has 154 valence electrons. The average molecular weight is 394 g/mol. The second kappa shape index (κ2) is 9.08. The molecule has 1 N–H and O–H groups in total. The number of nitrogens with zero attached hydrogens (tertiary/aromatic N) is 2. The third kappa shape index (κ3) is 4.22. The maximum absolute atomic E-state index is 13.3. The number of carbonyl (C=O) groups is 1. The Hall–Kier alpha value is -2.21. The summed E-state index contributed by atoms with van der Waals surface area (Å²) >= 11 is 0. The van der Waals surface area contributed by atoms with Gasteiger partial charge in [0.25, 0.3) is 5.91 Å². The van der Waals surface area contributed by atoms with Gasteiger partial charge in [0.15, 0.2) is 0 Å². The average Bonchev–Trinajstić information content (AvgIpc) is 2.81. The Balaban J connectivity index is 1.49. The van der Waals surface area contributed by atoms with Crippen LogP contribution < -0.4 is 5.32 Å². The molecular weight excluding hydrogens is 362 g/mol. The van der Waals surface area contributed by atoms with Crippen molar-refractivity contribution in [3.05, 3.63) is 71.8 Å². The summed E-state index contributed by atoms with van der Waals surface area (Å²) in [5, 5.41) is 3.33. The van der Waals surface area contributed by atoms with E-state index < -0.39 is 5.60 Å². The smallest absolute Gasteiger partial charge is 0.254 e. The van der Waals surface area contributed by atoms with Gasteiger partial charge in [-0.25, -0.2) is 0 Å². The normalized spacial score (nSPS) is 20.0. The Kier molecular flexibility index (Phi) is 6.28. The summed E-state index contributed by atoms with van der Waals surface area (Å²) in [6.45, 7) is 4.88. The van der Waals surface area contributed by atoms with E-state index in [1.54, 1.807) is 7.11 Å². The van der Waals surface area contributed by atoms with Crippen molar-refractivity contribution in [2.75, 3.05) is 46.4 Å². The number of ether oxygens (including phenoxy) is 1. The van der Waals surface area contributed by atoms with E-state index in [4.69, 9.17) is 4.74 Å². The molecule has 2 heterocycles. The molecule has 29 heavy (non-hydrogen) atoms. The monoisotopic (exact) mass is 393 g/mol. The van der Waals surface area contributed by atoms with Crippen LogP contribution in [0.5, 0.6) is 0 Å². The van der Waals surface area contributed by atoms with Gasteiger partial charge in [-0.1, -0.05) is 60.7 Å². The van der Waals surface area contributed by atoms with E-state index in [0.717, 1.165) is 52.1 Å². The number of amides is 1. The third-order valence-electron chi connectivity index (χ3n) is 6.39. The number of piperazine rings is 1. The molecule has 0 saturated carbocycles. The predicted molar refractivity (Wildman–Crippen MR) is 115 cm³/mol. The molecule has 0 bridgehead atoms. The number of nitrogens with one attached hydrogen (secondary N) is 1. The van der Waals surface area contributed by atoms with Crippen LogP contribution >= 0.6 is 0 Å². The molecule has 4 rings (SSSR count). The second-order valence-electron chi connectivity index (χ2n) is 8.00.